The Labute approximate surface area is 148 Å². The molecule has 1 aliphatic rings. The molecule has 1 saturated heterocycles. The Morgan fingerprint density at radius 1 is 1.32 bits per heavy atom. The van der Waals surface area contributed by atoms with Gasteiger partial charge in [0.15, 0.2) is 5.75 Å². The first-order chi connectivity index (χ1) is 11.6. The Morgan fingerprint density at radius 2 is 2.04 bits per heavy atom. The largest absolute Gasteiger partial charge is 0.478 e. The predicted molar refractivity (Wildman–Crippen MR) is 91.6 cm³/mol. The van der Waals surface area contributed by atoms with Crippen LogP contribution in [0.2, 0.25) is 0 Å². The minimum absolute atomic E-state index is 0.249. The number of hydrogen-bond donors (Lipinski definition) is 0. The van der Waals surface area contributed by atoms with Crippen molar-refractivity contribution in [3.63, 3.8) is 0 Å². The zero-order chi connectivity index (χ0) is 18.7. The van der Waals surface area contributed by atoms with E-state index in [2.05, 4.69) is 4.98 Å². The van der Waals surface area contributed by atoms with Crippen molar-refractivity contribution in [1.29, 1.82) is 0 Å². The second kappa shape index (κ2) is 7.29. The molecule has 1 aromatic heterocycles. The molecule has 1 aliphatic heterocycles. The van der Waals surface area contributed by atoms with Crippen LogP contribution >= 0.6 is 0 Å². The van der Waals surface area contributed by atoms with Crippen molar-refractivity contribution in [2.45, 2.75) is 46.1 Å². The van der Waals surface area contributed by atoms with E-state index in [9.17, 15) is 9.59 Å². The SMILES string of the molecule is COc1ncccc1OC(=O)C1(C)CCCN(C(=O)OC(C)(C)C)C1. The first-order valence-electron chi connectivity index (χ1n) is 8.34. The van der Waals surface area contributed by atoms with Gasteiger partial charge in [-0.15, -0.1) is 0 Å². The van der Waals surface area contributed by atoms with Crippen LogP contribution in [0.15, 0.2) is 18.3 Å². The Balaban J connectivity index is 2.09. The van der Waals surface area contributed by atoms with Crippen LogP contribution in [0.5, 0.6) is 11.6 Å². The van der Waals surface area contributed by atoms with Gasteiger partial charge in [0.25, 0.3) is 5.88 Å². The third-order valence-electron chi connectivity index (χ3n) is 3.97. The molecular weight excluding hydrogens is 324 g/mol. The van der Waals surface area contributed by atoms with E-state index in [1.165, 1.54) is 7.11 Å². The monoisotopic (exact) mass is 350 g/mol. The average Bonchev–Trinajstić information content (AvgIpc) is 2.53. The molecular formula is C18H26N2O5. The molecule has 2 heterocycles. The van der Waals surface area contributed by atoms with Gasteiger partial charge < -0.3 is 19.1 Å². The maximum atomic E-state index is 12.7. The number of nitrogens with zero attached hydrogens (tertiary/aromatic N) is 2. The summed E-state index contributed by atoms with van der Waals surface area (Å²) in [5.41, 5.74) is -1.38. The van der Waals surface area contributed by atoms with Crippen molar-refractivity contribution in [3.8, 4) is 11.6 Å². The third-order valence-corrected chi connectivity index (χ3v) is 3.97. The third kappa shape index (κ3) is 4.84. The van der Waals surface area contributed by atoms with Crippen molar-refractivity contribution < 1.29 is 23.8 Å². The molecule has 0 spiro atoms. The van der Waals surface area contributed by atoms with Crippen molar-refractivity contribution in [2.75, 3.05) is 20.2 Å². The Hall–Kier alpha value is -2.31. The van der Waals surface area contributed by atoms with Crippen molar-refractivity contribution in [3.05, 3.63) is 18.3 Å². The molecule has 1 unspecified atom stereocenters. The Kier molecular flexibility index (Phi) is 5.55. The van der Waals surface area contributed by atoms with Gasteiger partial charge in [-0.3, -0.25) is 4.79 Å². The average molecular weight is 350 g/mol. The normalized spacial score (nSPS) is 20.8. The van der Waals surface area contributed by atoms with Crippen LogP contribution in [0.1, 0.15) is 40.5 Å². The minimum atomic E-state index is -0.810. The summed E-state index contributed by atoms with van der Waals surface area (Å²) in [5, 5.41) is 0. The summed E-state index contributed by atoms with van der Waals surface area (Å²) < 4.78 is 16.0. The van der Waals surface area contributed by atoms with E-state index in [0.717, 1.165) is 0 Å². The summed E-state index contributed by atoms with van der Waals surface area (Å²) in [6.45, 7) is 8.07. The molecule has 2 rings (SSSR count). The molecule has 138 valence electrons. The van der Waals surface area contributed by atoms with E-state index < -0.39 is 23.1 Å². The summed E-state index contributed by atoms with van der Waals surface area (Å²) in [5.74, 6) is 0.108. The van der Waals surface area contributed by atoms with E-state index in [1.54, 1.807) is 30.2 Å². The number of aromatic nitrogens is 1. The van der Waals surface area contributed by atoms with Gasteiger partial charge in [-0.1, -0.05) is 0 Å². The number of hydrogen-bond acceptors (Lipinski definition) is 6. The van der Waals surface area contributed by atoms with Crippen molar-refractivity contribution in [2.24, 2.45) is 5.41 Å². The number of rotatable bonds is 3. The number of esters is 1. The second-order valence-corrected chi connectivity index (χ2v) is 7.47. The molecule has 0 N–H and O–H groups in total. The fourth-order valence-corrected chi connectivity index (χ4v) is 2.72. The summed E-state index contributed by atoms with van der Waals surface area (Å²) in [4.78, 5) is 30.6. The number of ether oxygens (including phenoxy) is 3. The molecule has 1 aromatic rings. The highest BCUT2D eigenvalue weighted by Crippen LogP contribution is 2.33. The molecule has 7 heteroatoms. The first-order valence-corrected chi connectivity index (χ1v) is 8.34. The van der Waals surface area contributed by atoms with Crippen LogP contribution in [0.25, 0.3) is 0 Å². The topological polar surface area (TPSA) is 78.0 Å². The minimum Gasteiger partial charge on any atom is -0.478 e. The molecule has 25 heavy (non-hydrogen) atoms. The molecule has 0 bridgehead atoms. The van der Waals surface area contributed by atoms with Gasteiger partial charge in [-0.05, 0) is 52.7 Å². The molecule has 0 radical (unpaired) electrons. The van der Waals surface area contributed by atoms with Crippen LogP contribution in [0, 0.1) is 5.41 Å². The van der Waals surface area contributed by atoms with Gasteiger partial charge in [-0.2, -0.15) is 0 Å². The van der Waals surface area contributed by atoms with Crippen LogP contribution in [0.3, 0.4) is 0 Å². The van der Waals surface area contributed by atoms with Crippen LogP contribution in [-0.2, 0) is 9.53 Å². The highest BCUT2D eigenvalue weighted by Gasteiger charge is 2.42. The summed E-state index contributed by atoms with van der Waals surface area (Å²) in [7, 11) is 1.46. The summed E-state index contributed by atoms with van der Waals surface area (Å²) >= 11 is 0. The van der Waals surface area contributed by atoms with Gasteiger partial charge >= 0.3 is 12.1 Å². The highest BCUT2D eigenvalue weighted by molar-refractivity contribution is 5.80. The van der Waals surface area contributed by atoms with E-state index in [-0.39, 0.29) is 18.2 Å². The molecule has 0 aliphatic carbocycles. The summed E-state index contributed by atoms with van der Waals surface area (Å²) in [6, 6.07) is 3.29. The number of carbonyl (C=O) groups is 2. The maximum absolute atomic E-state index is 12.7. The number of pyridine rings is 1. The summed E-state index contributed by atoms with van der Waals surface area (Å²) in [6.07, 6.45) is 2.48. The van der Waals surface area contributed by atoms with Crippen LogP contribution in [-0.4, -0.2) is 47.7 Å². The molecule has 1 atom stereocenters. The molecule has 0 aromatic carbocycles. The van der Waals surface area contributed by atoms with Crippen molar-refractivity contribution in [1.82, 2.24) is 9.88 Å². The first kappa shape index (κ1) is 19.0. The standard InChI is InChI=1S/C18H26N2O5/c1-17(2,3)25-16(22)20-11-7-9-18(4,12-20)15(21)24-13-8-6-10-19-14(13)23-5/h6,8,10H,7,9,11-12H2,1-5H3. The molecule has 1 fully saturated rings. The van der Waals surface area contributed by atoms with Gasteiger partial charge in [0, 0.05) is 19.3 Å². The lowest BCUT2D eigenvalue weighted by atomic mass is 9.82. The quantitative estimate of drug-likeness (QED) is 0.780. The lowest BCUT2D eigenvalue weighted by Crippen LogP contribution is -2.50. The lowest BCUT2D eigenvalue weighted by molar-refractivity contribution is -0.148. The van der Waals surface area contributed by atoms with Crippen LogP contribution < -0.4 is 9.47 Å². The fraction of sp³-hybridized carbons (Fsp3) is 0.611. The Morgan fingerprint density at radius 3 is 2.68 bits per heavy atom. The van der Waals surface area contributed by atoms with Crippen molar-refractivity contribution >= 4 is 12.1 Å². The number of carbonyl (C=O) groups excluding carboxylic acids is 2. The van der Waals surface area contributed by atoms with Gasteiger partial charge in [-0.25, -0.2) is 9.78 Å². The highest BCUT2D eigenvalue weighted by atomic mass is 16.6. The second-order valence-electron chi connectivity index (χ2n) is 7.47. The fourth-order valence-electron chi connectivity index (χ4n) is 2.72. The van der Waals surface area contributed by atoms with Gasteiger partial charge in [0.2, 0.25) is 0 Å². The number of amides is 1. The van der Waals surface area contributed by atoms with E-state index in [4.69, 9.17) is 14.2 Å². The molecule has 1 amide bonds. The number of methoxy groups -OCH3 is 1. The Bertz CT molecular complexity index is 641. The van der Waals surface area contributed by atoms with E-state index in [1.807, 2.05) is 20.8 Å². The van der Waals surface area contributed by atoms with E-state index in [0.29, 0.717) is 19.4 Å². The zero-order valence-electron chi connectivity index (χ0n) is 15.5. The van der Waals surface area contributed by atoms with Gasteiger partial charge in [0.1, 0.15) is 5.60 Å². The van der Waals surface area contributed by atoms with Crippen LogP contribution in [0.4, 0.5) is 4.79 Å². The smallest absolute Gasteiger partial charge is 0.410 e. The van der Waals surface area contributed by atoms with Gasteiger partial charge in [0.05, 0.1) is 12.5 Å². The number of likely N-dealkylation sites (tertiary alicyclic amines) is 1. The predicted octanol–water partition coefficient (Wildman–Crippen LogP) is 3.03. The molecule has 0 saturated carbocycles. The lowest BCUT2D eigenvalue weighted by Gasteiger charge is -2.38. The van der Waals surface area contributed by atoms with E-state index >= 15 is 0 Å². The molecule has 7 nitrogen and oxygen atoms in total. The zero-order valence-corrected chi connectivity index (χ0v) is 15.5. The maximum Gasteiger partial charge on any atom is 0.410 e. The number of piperidine rings is 1.